The number of nitrogens with zero attached hydrogens (tertiary/aromatic N) is 1. The Labute approximate surface area is 132 Å². The van der Waals surface area contributed by atoms with E-state index in [4.69, 9.17) is 28.9 Å². The van der Waals surface area contributed by atoms with Gasteiger partial charge in [0.2, 0.25) is 0 Å². The maximum Gasteiger partial charge on any atom is 0.0465 e. The van der Waals surface area contributed by atoms with Crippen LogP contribution < -0.4 is 5.73 Å². The van der Waals surface area contributed by atoms with Gasteiger partial charge in [0, 0.05) is 28.2 Å². The summed E-state index contributed by atoms with van der Waals surface area (Å²) in [5.41, 5.74) is 7.00. The number of nitrogens with two attached hydrogens (primary N) is 1. The maximum atomic E-state index is 6.30. The van der Waals surface area contributed by atoms with Gasteiger partial charge in [0.15, 0.2) is 0 Å². The normalized spacial score (nSPS) is 23.2. The van der Waals surface area contributed by atoms with Gasteiger partial charge in [-0.2, -0.15) is 0 Å². The van der Waals surface area contributed by atoms with E-state index >= 15 is 0 Å². The molecule has 0 spiro atoms. The number of benzene rings is 1. The fourth-order valence-electron chi connectivity index (χ4n) is 3.29. The summed E-state index contributed by atoms with van der Waals surface area (Å²) < 4.78 is 0. The summed E-state index contributed by atoms with van der Waals surface area (Å²) in [4.78, 5) is 2.49. The van der Waals surface area contributed by atoms with Gasteiger partial charge in [-0.15, -0.1) is 0 Å². The van der Waals surface area contributed by atoms with Crippen LogP contribution in [-0.4, -0.2) is 24.0 Å². The molecule has 1 aromatic rings. The summed E-state index contributed by atoms with van der Waals surface area (Å²) in [7, 11) is 0. The summed E-state index contributed by atoms with van der Waals surface area (Å²) in [6.07, 6.45) is 5.09. The molecule has 2 unspecified atom stereocenters. The van der Waals surface area contributed by atoms with E-state index in [0.29, 0.717) is 12.0 Å². The second-order valence-corrected chi connectivity index (χ2v) is 6.43. The van der Waals surface area contributed by atoms with Crippen LogP contribution in [0.5, 0.6) is 0 Å². The third-order valence-corrected chi connectivity index (χ3v) is 5.18. The molecule has 1 aliphatic carbocycles. The highest BCUT2D eigenvalue weighted by Crippen LogP contribution is 2.31. The van der Waals surface area contributed by atoms with Crippen molar-refractivity contribution >= 4 is 23.2 Å². The van der Waals surface area contributed by atoms with E-state index in [1.807, 2.05) is 18.2 Å². The molecule has 1 fully saturated rings. The third kappa shape index (κ3) is 3.67. The highest BCUT2D eigenvalue weighted by molar-refractivity contribution is 6.35. The van der Waals surface area contributed by atoms with Crippen molar-refractivity contribution in [3.05, 3.63) is 33.8 Å². The fraction of sp³-hybridized carbons (Fsp3) is 0.625. The summed E-state index contributed by atoms with van der Waals surface area (Å²) in [5, 5.41) is 1.52. The molecule has 112 valence electrons. The predicted octanol–water partition coefficient (Wildman–Crippen LogP) is 4.33. The van der Waals surface area contributed by atoms with Gasteiger partial charge in [-0.3, -0.25) is 4.90 Å². The summed E-state index contributed by atoms with van der Waals surface area (Å²) in [6, 6.07) is 6.29. The monoisotopic (exact) mass is 314 g/mol. The average molecular weight is 315 g/mol. The van der Waals surface area contributed by atoms with Gasteiger partial charge in [0.25, 0.3) is 0 Å². The Kier molecular flexibility index (Phi) is 6.16. The Bertz CT molecular complexity index is 416. The van der Waals surface area contributed by atoms with Gasteiger partial charge in [-0.25, -0.2) is 0 Å². The highest BCUT2D eigenvalue weighted by atomic mass is 35.5. The van der Waals surface area contributed by atoms with Crippen LogP contribution in [0.1, 0.15) is 38.2 Å². The fourth-order valence-corrected chi connectivity index (χ4v) is 3.81. The Hall–Kier alpha value is -0.280. The first kappa shape index (κ1) is 16.1. The molecule has 0 bridgehead atoms. The van der Waals surface area contributed by atoms with Gasteiger partial charge < -0.3 is 5.73 Å². The van der Waals surface area contributed by atoms with Gasteiger partial charge >= 0.3 is 0 Å². The lowest BCUT2D eigenvalue weighted by atomic mass is 9.83. The molecule has 0 radical (unpaired) electrons. The molecule has 0 amide bonds. The first-order valence-corrected chi connectivity index (χ1v) is 8.30. The molecule has 0 aromatic heterocycles. The number of hydrogen-bond donors (Lipinski definition) is 1. The van der Waals surface area contributed by atoms with Crippen molar-refractivity contribution < 1.29 is 0 Å². The van der Waals surface area contributed by atoms with Crippen LogP contribution in [0.4, 0.5) is 0 Å². The first-order chi connectivity index (χ1) is 9.67. The molecule has 1 saturated carbocycles. The van der Waals surface area contributed by atoms with E-state index < -0.39 is 0 Å². The van der Waals surface area contributed by atoms with Crippen molar-refractivity contribution in [1.82, 2.24) is 4.90 Å². The van der Waals surface area contributed by atoms with Crippen molar-refractivity contribution in [1.29, 1.82) is 0 Å². The Morgan fingerprint density at radius 2 is 1.85 bits per heavy atom. The molecular weight excluding hydrogens is 291 g/mol. The molecule has 2 rings (SSSR count). The van der Waals surface area contributed by atoms with Crippen molar-refractivity contribution in [3.8, 4) is 0 Å². The number of rotatable bonds is 5. The molecular formula is C16H24Cl2N2. The van der Waals surface area contributed by atoms with E-state index in [0.717, 1.165) is 35.2 Å². The lowest BCUT2D eigenvalue weighted by molar-refractivity contribution is 0.105. The quantitative estimate of drug-likeness (QED) is 0.876. The van der Waals surface area contributed by atoms with E-state index in [9.17, 15) is 0 Å². The largest absolute Gasteiger partial charge is 0.330 e. The van der Waals surface area contributed by atoms with Gasteiger partial charge in [-0.05, 0) is 44.0 Å². The molecule has 0 aliphatic heterocycles. The minimum absolute atomic E-state index is 0.561. The lowest BCUT2D eigenvalue weighted by Gasteiger charge is -2.39. The van der Waals surface area contributed by atoms with Gasteiger partial charge in [-0.1, -0.05) is 49.0 Å². The third-order valence-electron chi connectivity index (χ3n) is 4.47. The van der Waals surface area contributed by atoms with E-state index in [-0.39, 0.29) is 0 Å². The lowest BCUT2D eigenvalue weighted by Crippen LogP contribution is -2.44. The predicted molar refractivity (Wildman–Crippen MR) is 87.3 cm³/mol. The Morgan fingerprint density at radius 3 is 2.45 bits per heavy atom. The molecule has 1 aliphatic rings. The van der Waals surface area contributed by atoms with Crippen LogP contribution in [0.2, 0.25) is 10.0 Å². The SMILES string of the molecule is CCN(Cc1c(Cl)cccc1Cl)C1CCCCC1CN. The summed E-state index contributed by atoms with van der Waals surface area (Å²) >= 11 is 12.6. The maximum absolute atomic E-state index is 6.30. The summed E-state index contributed by atoms with van der Waals surface area (Å²) in [6.45, 7) is 4.79. The molecule has 0 saturated heterocycles. The molecule has 2 atom stereocenters. The zero-order chi connectivity index (χ0) is 14.5. The highest BCUT2D eigenvalue weighted by Gasteiger charge is 2.29. The molecule has 4 heteroatoms. The zero-order valence-electron chi connectivity index (χ0n) is 12.1. The topological polar surface area (TPSA) is 29.3 Å². The Morgan fingerprint density at radius 1 is 1.20 bits per heavy atom. The standard InChI is InChI=1S/C16H24Cl2N2/c1-2-20(16-9-4-3-6-12(16)10-19)11-13-14(17)7-5-8-15(13)18/h5,7-8,12,16H,2-4,6,9-11,19H2,1H3. The molecule has 0 heterocycles. The average Bonchev–Trinajstić information content (AvgIpc) is 2.47. The van der Waals surface area contributed by atoms with Crippen molar-refractivity contribution in [3.63, 3.8) is 0 Å². The minimum Gasteiger partial charge on any atom is -0.330 e. The summed E-state index contributed by atoms with van der Waals surface area (Å²) in [5.74, 6) is 0.602. The van der Waals surface area contributed by atoms with Gasteiger partial charge in [0.1, 0.15) is 0 Å². The van der Waals surface area contributed by atoms with Crippen LogP contribution in [0, 0.1) is 5.92 Å². The number of hydrogen-bond acceptors (Lipinski definition) is 2. The van der Waals surface area contributed by atoms with E-state index in [1.54, 1.807) is 0 Å². The smallest absolute Gasteiger partial charge is 0.0465 e. The first-order valence-electron chi connectivity index (χ1n) is 7.54. The van der Waals surface area contributed by atoms with E-state index in [1.165, 1.54) is 25.7 Å². The van der Waals surface area contributed by atoms with Crippen LogP contribution >= 0.6 is 23.2 Å². The van der Waals surface area contributed by atoms with Crippen molar-refractivity contribution in [2.24, 2.45) is 11.7 Å². The van der Waals surface area contributed by atoms with Crippen LogP contribution in [0.3, 0.4) is 0 Å². The second-order valence-electron chi connectivity index (χ2n) is 5.61. The van der Waals surface area contributed by atoms with Crippen LogP contribution in [-0.2, 0) is 6.54 Å². The number of halogens is 2. The molecule has 1 aromatic carbocycles. The van der Waals surface area contributed by atoms with Crippen molar-refractivity contribution in [2.75, 3.05) is 13.1 Å². The zero-order valence-corrected chi connectivity index (χ0v) is 13.6. The van der Waals surface area contributed by atoms with Crippen LogP contribution in [0.15, 0.2) is 18.2 Å². The Balaban J connectivity index is 2.15. The van der Waals surface area contributed by atoms with E-state index in [2.05, 4.69) is 11.8 Å². The minimum atomic E-state index is 0.561. The molecule has 20 heavy (non-hydrogen) atoms. The van der Waals surface area contributed by atoms with Crippen molar-refractivity contribution in [2.45, 2.75) is 45.2 Å². The van der Waals surface area contributed by atoms with Crippen LogP contribution in [0.25, 0.3) is 0 Å². The van der Waals surface area contributed by atoms with Gasteiger partial charge in [0.05, 0.1) is 0 Å². The molecule has 2 N–H and O–H groups in total. The second kappa shape index (κ2) is 7.65. The molecule has 2 nitrogen and oxygen atoms in total.